The van der Waals surface area contributed by atoms with Gasteiger partial charge < -0.3 is 5.11 Å². The summed E-state index contributed by atoms with van der Waals surface area (Å²) in [5.74, 6) is -3.01. The van der Waals surface area contributed by atoms with Gasteiger partial charge in [0.15, 0.2) is 0 Å². The van der Waals surface area contributed by atoms with Crippen molar-refractivity contribution in [2.75, 3.05) is 0 Å². The average molecular weight is 182 g/mol. The van der Waals surface area contributed by atoms with Crippen LogP contribution in [-0.2, 0) is 14.4 Å². The SMILES string of the molecule is C=C1CC(C(=O)CC(=O)C(=O)O)C1. The van der Waals surface area contributed by atoms with Crippen molar-refractivity contribution in [2.45, 2.75) is 19.3 Å². The monoisotopic (exact) mass is 182 g/mol. The standard InChI is InChI=1S/C9H10O4/c1-5-2-6(3-5)7(10)4-8(11)9(12)13/h6H,1-4H2,(H,12,13). The zero-order valence-corrected chi connectivity index (χ0v) is 7.08. The molecular weight excluding hydrogens is 172 g/mol. The molecule has 4 heteroatoms. The van der Waals surface area contributed by atoms with Gasteiger partial charge in [-0.2, -0.15) is 0 Å². The molecule has 0 radical (unpaired) electrons. The van der Waals surface area contributed by atoms with Gasteiger partial charge >= 0.3 is 5.97 Å². The van der Waals surface area contributed by atoms with Crippen molar-refractivity contribution >= 4 is 17.5 Å². The highest BCUT2D eigenvalue weighted by Crippen LogP contribution is 2.32. The van der Waals surface area contributed by atoms with Crippen LogP contribution in [0.4, 0.5) is 0 Å². The van der Waals surface area contributed by atoms with E-state index in [1.54, 1.807) is 0 Å². The Balaban J connectivity index is 2.38. The van der Waals surface area contributed by atoms with Crippen molar-refractivity contribution in [1.29, 1.82) is 0 Å². The molecule has 0 amide bonds. The summed E-state index contributed by atoms with van der Waals surface area (Å²) in [5, 5.41) is 8.24. The third-order valence-corrected chi connectivity index (χ3v) is 2.10. The first-order chi connectivity index (χ1) is 6.00. The Labute approximate surface area is 75.2 Å². The lowest BCUT2D eigenvalue weighted by Gasteiger charge is -2.26. The lowest BCUT2D eigenvalue weighted by atomic mass is 9.77. The Morgan fingerprint density at radius 3 is 2.31 bits per heavy atom. The molecule has 0 aromatic carbocycles. The van der Waals surface area contributed by atoms with Gasteiger partial charge in [-0.25, -0.2) is 4.79 Å². The van der Waals surface area contributed by atoms with Gasteiger partial charge in [-0.15, -0.1) is 0 Å². The molecule has 0 aliphatic heterocycles. The fourth-order valence-electron chi connectivity index (χ4n) is 1.24. The number of hydrogen-bond donors (Lipinski definition) is 1. The molecule has 70 valence electrons. The third kappa shape index (κ3) is 2.24. The maximum Gasteiger partial charge on any atom is 0.372 e. The Bertz CT molecular complexity index is 282. The van der Waals surface area contributed by atoms with Crippen LogP contribution in [0.3, 0.4) is 0 Å². The lowest BCUT2D eigenvalue weighted by molar-refractivity contribution is -0.150. The predicted molar refractivity (Wildman–Crippen MR) is 44.1 cm³/mol. The van der Waals surface area contributed by atoms with Crippen LogP contribution in [0.5, 0.6) is 0 Å². The van der Waals surface area contributed by atoms with Crippen molar-refractivity contribution in [2.24, 2.45) is 5.92 Å². The Morgan fingerprint density at radius 2 is 1.92 bits per heavy atom. The minimum atomic E-state index is -1.54. The number of carbonyl (C=O) groups is 3. The molecule has 0 spiro atoms. The van der Waals surface area contributed by atoms with Gasteiger partial charge in [-0.3, -0.25) is 9.59 Å². The highest BCUT2D eigenvalue weighted by molar-refractivity contribution is 6.36. The van der Waals surface area contributed by atoms with Crippen molar-refractivity contribution in [3.05, 3.63) is 12.2 Å². The number of aliphatic carboxylic acids is 1. The second-order valence-electron chi connectivity index (χ2n) is 3.23. The zero-order valence-electron chi connectivity index (χ0n) is 7.08. The van der Waals surface area contributed by atoms with Gasteiger partial charge in [0.1, 0.15) is 5.78 Å². The summed E-state index contributed by atoms with van der Waals surface area (Å²) < 4.78 is 0. The van der Waals surface area contributed by atoms with Crippen molar-refractivity contribution in [1.82, 2.24) is 0 Å². The summed E-state index contributed by atoms with van der Waals surface area (Å²) in [7, 11) is 0. The van der Waals surface area contributed by atoms with Crippen molar-refractivity contribution in [3.8, 4) is 0 Å². The van der Waals surface area contributed by atoms with Crippen LogP contribution < -0.4 is 0 Å². The average Bonchev–Trinajstić information content (AvgIpc) is 1.98. The van der Waals surface area contributed by atoms with Crippen LogP contribution in [0.15, 0.2) is 12.2 Å². The molecule has 0 heterocycles. The normalized spacial score (nSPS) is 16.5. The molecule has 1 rings (SSSR count). The fraction of sp³-hybridized carbons (Fsp3) is 0.444. The first kappa shape index (κ1) is 9.64. The quantitative estimate of drug-likeness (QED) is 0.392. The summed E-state index contributed by atoms with van der Waals surface area (Å²) in [4.78, 5) is 31.9. The molecule has 0 aromatic rings. The molecular formula is C9H10O4. The summed E-state index contributed by atoms with van der Waals surface area (Å²) in [6.07, 6.45) is 0.727. The minimum absolute atomic E-state index is 0.171. The molecule has 0 bridgehead atoms. The van der Waals surface area contributed by atoms with E-state index in [1.165, 1.54) is 0 Å². The molecule has 13 heavy (non-hydrogen) atoms. The van der Waals surface area contributed by atoms with Crippen LogP contribution in [0.2, 0.25) is 0 Å². The molecule has 0 atom stereocenters. The number of carbonyl (C=O) groups excluding carboxylic acids is 2. The Hall–Kier alpha value is -1.45. The molecule has 0 saturated heterocycles. The van der Waals surface area contributed by atoms with Crippen LogP contribution in [-0.4, -0.2) is 22.6 Å². The van der Waals surface area contributed by atoms with E-state index in [1.807, 2.05) is 0 Å². The topological polar surface area (TPSA) is 71.4 Å². The first-order valence-corrected chi connectivity index (χ1v) is 3.96. The van der Waals surface area contributed by atoms with Crippen LogP contribution >= 0.6 is 0 Å². The van der Waals surface area contributed by atoms with Gasteiger partial charge in [0.2, 0.25) is 5.78 Å². The van der Waals surface area contributed by atoms with Crippen LogP contribution in [0.25, 0.3) is 0 Å². The van der Waals surface area contributed by atoms with Gasteiger partial charge in [-0.1, -0.05) is 12.2 Å². The van der Waals surface area contributed by atoms with Crippen LogP contribution in [0, 0.1) is 5.92 Å². The summed E-state index contributed by atoms with van der Waals surface area (Å²) in [5.41, 5.74) is 0.987. The number of carboxylic acid groups (broad SMARTS) is 1. The highest BCUT2D eigenvalue weighted by atomic mass is 16.4. The molecule has 0 unspecified atom stereocenters. The van der Waals surface area contributed by atoms with Crippen molar-refractivity contribution in [3.63, 3.8) is 0 Å². The lowest BCUT2D eigenvalue weighted by Crippen LogP contribution is -2.27. The molecule has 1 saturated carbocycles. The van der Waals surface area contributed by atoms with Crippen LogP contribution in [0.1, 0.15) is 19.3 Å². The number of carboxylic acids is 1. The van der Waals surface area contributed by atoms with Gasteiger partial charge in [0.05, 0.1) is 6.42 Å². The third-order valence-electron chi connectivity index (χ3n) is 2.10. The second-order valence-corrected chi connectivity index (χ2v) is 3.23. The molecule has 1 aliphatic rings. The van der Waals surface area contributed by atoms with Gasteiger partial charge in [-0.05, 0) is 12.8 Å². The molecule has 4 nitrogen and oxygen atoms in total. The van der Waals surface area contributed by atoms with E-state index in [-0.39, 0.29) is 11.7 Å². The summed E-state index contributed by atoms with van der Waals surface area (Å²) in [6, 6.07) is 0. The van der Waals surface area contributed by atoms with E-state index in [0.717, 1.165) is 5.57 Å². The number of allylic oxidation sites excluding steroid dienone is 1. The van der Waals surface area contributed by atoms with E-state index in [2.05, 4.69) is 6.58 Å². The maximum absolute atomic E-state index is 11.2. The van der Waals surface area contributed by atoms with E-state index < -0.39 is 18.2 Å². The number of Topliss-reactive ketones (excluding diaryl/α,β-unsaturated/α-hetero) is 2. The molecule has 0 aromatic heterocycles. The minimum Gasteiger partial charge on any atom is -0.475 e. The molecule has 1 aliphatic carbocycles. The summed E-state index contributed by atoms with van der Waals surface area (Å²) in [6.45, 7) is 3.65. The number of hydrogen-bond acceptors (Lipinski definition) is 3. The van der Waals surface area contributed by atoms with Crippen molar-refractivity contribution < 1.29 is 19.5 Å². The zero-order chi connectivity index (χ0) is 10.0. The van der Waals surface area contributed by atoms with Gasteiger partial charge in [0.25, 0.3) is 0 Å². The van der Waals surface area contributed by atoms with E-state index >= 15 is 0 Å². The highest BCUT2D eigenvalue weighted by Gasteiger charge is 2.30. The maximum atomic E-state index is 11.2. The predicted octanol–water partition coefficient (Wildman–Crippen LogP) is 0.565. The fourth-order valence-corrected chi connectivity index (χ4v) is 1.24. The Morgan fingerprint density at radius 1 is 1.38 bits per heavy atom. The van der Waals surface area contributed by atoms with E-state index in [0.29, 0.717) is 12.8 Å². The first-order valence-electron chi connectivity index (χ1n) is 3.96. The Kier molecular flexibility index (Phi) is 2.60. The molecule has 1 N–H and O–H groups in total. The largest absolute Gasteiger partial charge is 0.475 e. The van der Waals surface area contributed by atoms with E-state index in [4.69, 9.17) is 5.11 Å². The number of ketones is 2. The second kappa shape index (κ2) is 3.51. The van der Waals surface area contributed by atoms with Gasteiger partial charge in [0, 0.05) is 5.92 Å². The molecule has 1 fully saturated rings. The smallest absolute Gasteiger partial charge is 0.372 e. The van der Waals surface area contributed by atoms with E-state index in [9.17, 15) is 14.4 Å². The summed E-state index contributed by atoms with van der Waals surface area (Å²) >= 11 is 0. The number of rotatable bonds is 4.